The number of allylic oxidation sites excluding steroid dienone is 3. The molecule has 4 aliphatic rings. The summed E-state index contributed by atoms with van der Waals surface area (Å²) < 4.78 is 0. The molecule has 1 aromatic carbocycles. The van der Waals surface area contributed by atoms with Crippen LogP contribution in [0.2, 0.25) is 0 Å². The molecule has 2 heterocycles. The molecule has 2 heteroatoms. The third-order valence-corrected chi connectivity index (χ3v) is 6.23. The van der Waals surface area contributed by atoms with E-state index >= 15 is 0 Å². The molecule has 128 valence electrons. The Balaban J connectivity index is 1.52. The molecule has 0 bridgehead atoms. The highest BCUT2D eigenvalue weighted by Crippen LogP contribution is 2.47. The predicted molar refractivity (Wildman–Crippen MR) is 106 cm³/mol. The normalized spacial score (nSPS) is 30.6. The van der Waals surface area contributed by atoms with Crippen LogP contribution in [0.4, 0.5) is 5.69 Å². The van der Waals surface area contributed by atoms with Crippen LogP contribution in [0.25, 0.3) is 5.57 Å². The van der Waals surface area contributed by atoms with Gasteiger partial charge in [-0.3, -0.25) is 4.99 Å². The van der Waals surface area contributed by atoms with Gasteiger partial charge in [0.15, 0.2) is 0 Å². The summed E-state index contributed by atoms with van der Waals surface area (Å²) in [5, 5.41) is 0. The van der Waals surface area contributed by atoms with Gasteiger partial charge in [0.05, 0.1) is 12.1 Å². The van der Waals surface area contributed by atoms with Crippen LogP contribution < -0.4 is 4.90 Å². The third-order valence-electron chi connectivity index (χ3n) is 6.23. The molecular formula is C23H26N2. The molecule has 0 spiro atoms. The van der Waals surface area contributed by atoms with Crippen molar-refractivity contribution in [2.75, 3.05) is 4.90 Å². The summed E-state index contributed by atoms with van der Waals surface area (Å²) in [5.41, 5.74) is 5.86. The molecular weight excluding hydrogens is 304 g/mol. The van der Waals surface area contributed by atoms with Crippen molar-refractivity contribution in [3.05, 3.63) is 59.8 Å². The molecule has 25 heavy (non-hydrogen) atoms. The Morgan fingerprint density at radius 1 is 1.08 bits per heavy atom. The SMILES string of the molecule is C1=CCC2C(=C1)c1ccccc1N2C1=CC(C2CCCC=N2)CCC1. The molecule has 0 saturated carbocycles. The first-order chi connectivity index (χ1) is 12.4. The van der Waals surface area contributed by atoms with Crippen LogP contribution in [0.3, 0.4) is 0 Å². The van der Waals surface area contributed by atoms with Crippen molar-refractivity contribution in [3.8, 4) is 0 Å². The second kappa shape index (κ2) is 6.33. The first kappa shape index (κ1) is 15.2. The fourth-order valence-electron chi connectivity index (χ4n) is 5.05. The van der Waals surface area contributed by atoms with Crippen LogP contribution in [0.5, 0.6) is 0 Å². The monoisotopic (exact) mass is 330 g/mol. The molecule has 0 N–H and O–H groups in total. The highest BCUT2D eigenvalue weighted by atomic mass is 15.2. The van der Waals surface area contributed by atoms with E-state index in [0.717, 1.165) is 6.42 Å². The fraction of sp³-hybridized carbons (Fsp3) is 0.435. The minimum atomic E-state index is 0.488. The summed E-state index contributed by atoms with van der Waals surface area (Å²) >= 11 is 0. The molecule has 0 amide bonds. The Hall–Kier alpha value is -2.09. The quantitative estimate of drug-likeness (QED) is 0.696. The van der Waals surface area contributed by atoms with E-state index in [1.165, 1.54) is 61.0 Å². The van der Waals surface area contributed by atoms with E-state index in [4.69, 9.17) is 4.99 Å². The maximum absolute atomic E-state index is 4.83. The van der Waals surface area contributed by atoms with E-state index in [0.29, 0.717) is 18.0 Å². The zero-order valence-corrected chi connectivity index (χ0v) is 14.8. The van der Waals surface area contributed by atoms with Gasteiger partial charge < -0.3 is 4.90 Å². The highest BCUT2D eigenvalue weighted by Gasteiger charge is 2.36. The van der Waals surface area contributed by atoms with Crippen molar-refractivity contribution in [2.24, 2.45) is 10.9 Å². The van der Waals surface area contributed by atoms with Crippen molar-refractivity contribution >= 4 is 17.5 Å². The minimum absolute atomic E-state index is 0.488. The summed E-state index contributed by atoms with van der Waals surface area (Å²) in [7, 11) is 0. The largest absolute Gasteiger partial charge is 0.337 e. The van der Waals surface area contributed by atoms with Gasteiger partial charge in [-0.15, -0.1) is 0 Å². The van der Waals surface area contributed by atoms with Gasteiger partial charge in [-0.25, -0.2) is 0 Å². The molecule has 0 aromatic heterocycles. The summed E-state index contributed by atoms with van der Waals surface area (Å²) in [6, 6.07) is 9.96. The molecule has 2 nitrogen and oxygen atoms in total. The standard InChI is InChI=1S/C23H26N2/c1-3-13-22-19(10-1)20-11-2-4-14-23(20)25(22)18-9-7-8-17(16-18)21-12-5-6-15-24-21/h1-4,10-11,13,15-17,21,23H,5-9,12,14H2. The second-order valence-corrected chi connectivity index (χ2v) is 7.73. The van der Waals surface area contributed by atoms with Crippen LogP contribution in [0.1, 0.15) is 50.5 Å². The first-order valence-electron chi connectivity index (χ1n) is 9.89. The fourth-order valence-corrected chi connectivity index (χ4v) is 5.05. The highest BCUT2D eigenvalue weighted by molar-refractivity contribution is 5.90. The van der Waals surface area contributed by atoms with Crippen molar-refractivity contribution < 1.29 is 0 Å². The Morgan fingerprint density at radius 2 is 2.04 bits per heavy atom. The van der Waals surface area contributed by atoms with Gasteiger partial charge in [-0.2, -0.15) is 0 Å². The minimum Gasteiger partial charge on any atom is -0.337 e. The Morgan fingerprint density at radius 3 is 2.96 bits per heavy atom. The number of benzene rings is 1. The molecule has 3 unspecified atom stereocenters. The van der Waals surface area contributed by atoms with Gasteiger partial charge in [0.1, 0.15) is 0 Å². The van der Waals surface area contributed by atoms with E-state index in [1.54, 1.807) is 0 Å². The smallest absolute Gasteiger partial charge is 0.0629 e. The van der Waals surface area contributed by atoms with E-state index in [-0.39, 0.29) is 0 Å². The molecule has 3 atom stereocenters. The van der Waals surface area contributed by atoms with E-state index in [1.807, 2.05) is 0 Å². The van der Waals surface area contributed by atoms with Crippen molar-refractivity contribution in [2.45, 2.75) is 57.0 Å². The van der Waals surface area contributed by atoms with Gasteiger partial charge in [0.2, 0.25) is 0 Å². The molecule has 0 radical (unpaired) electrons. The Kier molecular flexibility index (Phi) is 3.84. The summed E-state index contributed by atoms with van der Waals surface area (Å²) in [5.74, 6) is 0.625. The van der Waals surface area contributed by atoms with Crippen molar-refractivity contribution in [1.82, 2.24) is 0 Å². The summed E-state index contributed by atoms with van der Waals surface area (Å²) in [4.78, 5) is 7.47. The number of hydrogen-bond acceptors (Lipinski definition) is 2. The maximum atomic E-state index is 4.83. The lowest BCUT2D eigenvalue weighted by molar-refractivity contribution is 0.403. The average molecular weight is 330 g/mol. The summed E-state index contributed by atoms with van der Waals surface area (Å²) in [6.07, 6.45) is 20.2. The molecule has 0 fully saturated rings. The van der Waals surface area contributed by atoms with Crippen LogP contribution >= 0.6 is 0 Å². The third kappa shape index (κ3) is 2.59. The molecule has 0 saturated heterocycles. The number of fused-ring (bicyclic) bond motifs is 3. The van der Waals surface area contributed by atoms with Gasteiger partial charge in [0, 0.05) is 22.9 Å². The van der Waals surface area contributed by atoms with Gasteiger partial charge in [0.25, 0.3) is 0 Å². The number of para-hydroxylation sites is 1. The lowest BCUT2D eigenvalue weighted by Crippen LogP contribution is -2.34. The Bertz CT molecular complexity index is 783. The first-order valence-corrected chi connectivity index (χ1v) is 9.89. The number of aliphatic imine (C=N–C) groups is 1. The zero-order chi connectivity index (χ0) is 16.6. The van der Waals surface area contributed by atoms with Crippen molar-refractivity contribution in [3.63, 3.8) is 0 Å². The van der Waals surface area contributed by atoms with E-state index in [2.05, 4.69) is 59.7 Å². The number of anilines is 1. The second-order valence-electron chi connectivity index (χ2n) is 7.73. The van der Waals surface area contributed by atoms with Crippen LogP contribution in [-0.4, -0.2) is 18.3 Å². The van der Waals surface area contributed by atoms with Gasteiger partial charge >= 0.3 is 0 Å². The lowest BCUT2D eigenvalue weighted by Gasteiger charge is -2.35. The number of nitrogens with zero attached hydrogens (tertiary/aromatic N) is 2. The average Bonchev–Trinajstić information content (AvgIpc) is 3.03. The summed E-state index contributed by atoms with van der Waals surface area (Å²) in [6.45, 7) is 0. The molecule has 5 rings (SSSR count). The van der Waals surface area contributed by atoms with Crippen LogP contribution in [-0.2, 0) is 0 Å². The molecule has 1 aromatic rings. The van der Waals surface area contributed by atoms with Gasteiger partial charge in [-0.1, -0.05) is 42.5 Å². The van der Waals surface area contributed by atoms with Gasteiger partial charge in [-0.05, 0) is 62.8 Å². The van der Waals surface area contributed by atoms with Crippen molar-refractivity contribution in [1.29, 1.82) is 0 Å². The van der Waals surface area contributed by atoms with Crippen LogP contribution in [0.15, 0.2) is 59.3 Å². The van der Waals surface area contributed by atoms with E-state index in [9.17, 15) is 0 Å². The number of hydrogen-bond donors (Lipinski definition) is 0. The lowest BCUT2D eigenvalue weighted by atomic mass is 9.84. The molecule has 2 aliphatic carbocycles. The number of rotatable bonds is 2. The Labute approximate surface area is 150 Å². The predicted octanol–water partition coefficient (Wildman–Crippen LogP) is 5.53. The maximum Gasteiger partial charge on any atom is 0.0629 e. The van der Waals surface area contributed by atoms with Crippen LogP contribution in [0, 0.1) is 5.92 Å². The van der Waals surface area contributed by atoms with E-state index < -0.39 is 0 Å². The topological polar surface area (TPSA) is 15.6 Å². The zero-order valence-electron chi connectivity index (χ0n) is 14.8. The molecule has 2 aliphatic heterocycles.